The minimum atomic E-state index is 0.416. The largest absolute Gasteiger partial charge is 0.493 e. The number of nitrogens with one attached hydrogen (secondary N) is 2. The van der Waals surface area contributed by atoms with Gasteiger partial charge in [-0.2, -0.15) is 4.98 Å². The fraction of sp³-hybridized carbons (Fsp3) is 0.200. The molecule has 0 saturated carbocycles. The van der Waals surface area contributed by atoms with Crippen molar-refractivity contribution < 1.29 is 14.2 Å². The van der Waals surface area contributed by atoms with Gasteiger partial charge in [-0.05, 0) is 36.6 Å². The monoisotopic (exact) mass is 413 g/mol. The number of aryl methyl sites for hydroxylation is 1. The van der Waals surface area contributed by atoms with Crippen LogP contribution in [0.2, 0.25) is 0 Å². The van der Waals surface area contributed by atoms with Gasteiger partial charge in [0.2, 0.25) is 11.7 Å². The van der Waals surface area contributed by atoms with Crippen molar-refractivity contribution in [2.24, 2.45) is 5.14 Å². The summed E-state index contributed by atoms with van der Waals surface area (Å²) >= 11 is 1.20. The molecular formula is C20H23N5O3S. The topological polar surface area (TPSA) is 104 Å². The molecule has 3 aromatic rings. The van der Waals surface area contributed by atoms with Gasteiger partial charge in [-0.15, -0.1) is 0 Å². The second-order valence-electron chi connectivity index (χ2n) is 6.00. The minimum absolute atomic E-state index is 0.416. The summed E-state index contributed by atoms with van der Waals surface area (Å²) in [5.74, 6) is 2.64. The molecule has 0 spiro atoms. The number of aromatic nitrogens is 2. The molecule has 0 atom stereocenters. The number of nitrogens with two attached hydrogens (primary N) is 1. The van der Waals surface area contributed by atoms with Crippen LogP contribution in [-0.4, -0.2) is 31.3 Å². The molecule has 0 unspecified atom stereocenters. The lowest BCUT2D eigenvalue weighted by Crippen LogP contribution is -2.03. The fourth-order valence-electron chi connectivity index (χ4n) is 2.82. The van der Waals surface area contributed by atoms with Crippen molar-refractivity contribution in [2.75, 3.05) is 32.0 Å². The number of rotatable bonds is 8. The molecule has 1 heterocycles. The van der Waals surface area contributed by atoms with Crippen molar-refractivity contribution >= 4 is 35.1 Å². The smallest absolute Gasteiger partial charge is 0.229 e. The summed E-state index contributed by atoms with van der Waals surface area (Å²) in [5.41, 5.74) is 2.67. The number of benzene rings is 2. The Labute approximate surface area is 173 Å². The highest BCUT2D eigenvalue weighted by molar-refractivity contribution is 7.97. The average Bonchev–Trinajstić information content (AvgIpc) is 2.73. The van der Waals surface area contributed by atoms with Crippen molar-refractivity contribution in [1.29, 1.82) is 0 Å². The molecule has 4 N–H and O–H groups in total. The van der Waals surface area contributed by atoms with E-state index in [1.807, 2.05) is 25.1 Å². The summed E-state index contributed by atoms with van der Waals surface area (Å²) in [7, 11) is 4.69. The Kier molecular flexibility index (Phi) is 6.63. The number of nitrogens with zero attached hydrogens (tertiary/aromatic N) is 2. The Hall–Kier alpha value is -3.17. The van der Waals surface area contributed by atoms with Crippen LogP contribution in [0.4, 0.5) is 23.1 Å². The van der Waals surface area contributed by atoms with E-state index in [0.29, 0.717) is 34.7 Å². The molecule has 3 rings (SSSR count). The van der Waals surface area contributed by atoms with E-state index in [1.54, 1.807) is 45.7 Å². The number of methoxy groups -OCH3 is 3. The van der Waals surface area contributed by atoms with Crippen LogP contribution in [0, 0.1) is 6.92 Å². The second-order valence-corrected chi connectivity index (χ2v) is 6.64. The van der Waals surface area contributed by atoms with Crippen LogP contribution >= 0.6 is 11.9 Å². The molecular weight excluding hydrogens is 390 g/mol. The Balaban J connectivity index is 1.87. The average molecular weight is 414 g/mol. The highest BCUT2D eigenvalue weighted by atomic mass is 32.2. The van der Waals surface area contributed by atoms with Crippen molar-refractivity contribution in [3.05, 3.63) is 48.2 Å². The third kappa shape index (κ3) is 4.64. The highest BCUT2D eigenvalue weighted by Gasteiger charge is 2.14. The lowest BCUT2D eigenvalue weighted by molar-refractivity contribution is 0.324. The summed E-state index contributed by atoms with van der Waals surface area (Å²) < 4.78 is 16.1. The Bertz CT molecular complexity index is 975. The first-order valence-corrected chi connectivity index (χ1v) is 9.61. The zero-order valence-corrected chi connectivity index (χ0v) is 17.5. The standard InChI is InChI=1S/C20H23N5O3S/c1-12-6-5-7-14(19(12)29-21)24-17-8-9-22-20(25-17)23-13-10-15(26-2)18(28-4)16(11-13)27-3/h5-11H,21H2,1-4H3,(H2,22,23,24,25). The molecule has 0 fully saturated rings. The molecule has 152 valence electrons. The first kappa shape index (κ1) is 20.6. The van der Waals surface area contributed by atoms with Gasteiger partial charge in [-0.3, -0.25) is 5.14 Å². The number of hydrogen-bond donors (Lipinski definition) is 3. The van der Waals surface area contributed by atoms with Gasteiger partial charge < -0.3 is 24.8 Å². The summed E-state index contributed by atoms with van der Waals surface area (Å²) in [6.45, 7) is 2.01. The molecule has 1 aromatic heterocycles. The van der Waals surface area contributed by atoms with E-state index in [-0.39, 0.29) is 0 Å². The normalized spacial score (nSPS) is 10.4. The molecule has 0 saturated heterocycles. The lowest BCUT2D eigenvalue weighted by atomic mass is 10.2. The first-order chi connectivity index (χ1) is 14.1. The molecule has 8 nitrogen and oxygen atoms in total. The Morgan fingerprint density at radius 1 is 0.966 bits per heavy atom. The maximum atomic E-state index is 5.81. The van der Waals surface area contributed by atoms with Crippen LogP contribution in [0.15, 0.2) is 47.5 Å². The SMILES string of the molecule is COc1cc(Nc2nccc(Nc3cccc(C)c3SN)n2)cc(OC)c1OC. The Morgan fingerprint density at radius 2 is 1.69 bits per heavy atom. The summed E-state index contributed by atoms with van der Waals surface area (Å²) in [6.07, 6.45) is 1.67. The second kappa shape index (κ2) is 9.35. The van der Waals surface area contributed by atoms with Crippen LogP contribution in [0.1, 0.15) is 5.56 Å². The predicted molar refractivity (Wildman–Crippen MR) is 116 cm³/mol. The van der Waals surface area contributed by atoms with E-state index in [9.17, 15) is 0 Å². The van der Waals surface area contributed by atoms with Gasteiger partial charge in [-0.25, -0.2) is 4.98 Å². The molecule has 0 aliphatic rings. The van der Waals surface area contributed by atoms with E-state index in [1.165, 1.54) is 11.9 Å². The van der Waals surface area contributed by atoms with Gasteiger partial charge in [0, 0.05) is 28.9 Å². The van der Waals surface area contributed by atoms with Crippen LogP contribution < -0.4 is 30.0 Å². The third-order valence-electron chi connectivity index (χ3n) is 4.17. The molecule has 0 radical (unpaired) electrons. The third-order valence-corrected chi connectivity index (χ3v) is 4.95. The maximum absolute atomic E-state index is 5.81. The molecule has 0 aliphatic heterocycles. The van der Waals surface area contributed by atoms with Crippen LogP contribution in [0.25, 0.3) is 0 Å². The highest BCUT2D eigenvalue weighted by Crippen LogP contribution is 2.40. The predicted octanol–water partition coefficient (Wildman–Crippen LogP) is 4.26. The van der Waals surface area contributed by atoms with E-state index in [0.717, 1.165) is 16.1 Å². The molecule has 0 aliphatic carbocycles. The van der Waals surface area contributed by atoms with Gasteiger partial charge in [0.05, 0.1) is 27.0 Å². The minimum Gasteiger partial charge on any atom is -0.493 e. The van der Waals surface area contributed by atoms with Gasteiger partial charge in [0.1, 0.15) is 5.82 Å². The summed E-state index contributed by atoms with van der Waals surface area (Å²) in [6, 6.07) is 11.3. The molecule has 0 amide bonds. The van der Waals surface area contributed by atoms with E-state index in [4.69, 9.17) is 19.3 Å². The van der Waals surface area contributed by atoms with Gasteiger partial charge >= 0.3 is 0 Å². The van der Waals surface area contributed by atoms with Gasteiger partial charge in [0.25, 0.3) is 0 Å². The summed E-state index contributed by atoms with van der Waals surface area (Å²) in [5, 5.41) is 12.3. The van der Waals surface area contributed by atoms with E-state index >= 15 is 0 Å². The zero-order valence-electron chi connectivity index (χ0n) is 16.6. The first-order valence-electron chi connectivity index (χ1n) is 8.73. The van der Waals surface area contributed by atoms with Crippen LogP contribution in [0.3, 0.4) is 0 Å². The van der Waals surface area contributed by atoms with Crippen molar-refractivity contribution in [3.63, 3.8) is 0 Å². The van der Waals surface area contributed by atoms with E-state index < -0.39 is 0 Å². The lowest BCUT2D eigenvalue weighted by Gasteiger charge is -2.15. The zero-order chi connectivity index (χ0) is 20.8. The molecule has 9 heteroatoms. The number of hydrogen-bond acceptors (Lipinski definition) is 9. The molecule has 0 bridgehead atoms. The fourth-order valence-corrected chi connectivity index (χ4v) is 3.32. The Morgan fingerprint density at radius 3 is 2.31 bits per heavy atom. The number of anilines is 4. The quantitative estimate of drug-likeness (QED) is 0.467. The summed E-state index contributed by atoms with van der Waals surface area (Å²) in [4.78, 5) is 9.77. The number of ether oxygens (including phenoxy) is 3. The maximum Gasteiger partial charge on any atom is 0.229 e. The molecule has 2 aromatic carbocycles. The van der Waals surface area contributed by atoms with Crippen molar-refractivity contribution in [2.45, 2.75) is 11.8 Å². The van der Waals surface area contributed by atoms with Gasteiger partial charge in [0.15, 0.2) is 11.5 Å². The van der Waals surface area contributed by atoms with Crippen LogP contribution in [-0.2, 0) is 0 Å². The van der Waals surface area contributed by atoms with Crippen molar-refractivity contribution in [1.82, 2.24) is 9.97 Å². The van der Waals surface area contributed by atoms with E-state index in [2.05, 4.69) is 20.6 Å². The van der Waals surface area contributed by atoms with Crippen LogP contribution in [0.5, 0.6) is 17.2 Å². The molecule has 29 heavy (non-hydrogen) atoms. The van der Waals surface area contributed by atoms with Gasteiger partial charge in [-0.1, -0.05) is 12.1 Å². The van der Waals surface area contributed by atoms with Crippen molar-refractivity contribution in [3.8, 4) is 17.2 Å².